The first-order valence-electron chi connectivity index (χ1n) is 10.6. The molecule has 6 heteroatoms. The number of hydrogen-bond donors (Lipinski definition) is 1. The first-order valence-corrected chi connectivity index (χ1v) is 10.6. The van der Waals surface area contributed by atoms with E-state index in [1.165, 1.54) is 5.57 Å². The molecule has 1 fully saturated rings. The lowest BCUT2D eigenvalue weighted by Gasteiger charge is -2.42. The number of para-hydroxylation sites is 1. The third kappa shape index (κ3) is 2.91. The maximum Gasteiger partial charge on any atom is 0.248 e. The van der Waals surface area contributed by atoms with Crippen LogP contribution >= 0.6 is 0 Å². The monoisotopic (exact) mass is 412 g/mol. The van der Waals surface area contributed by atoms with Crippen LogP contribution in [0.1, 0.15) is 62.8 Å². The Kier molecular flexibility index (Phi) is 4.21. The number of allylic oxidation sites excluding steroid dienone is 1. The van der Waals surface area contributed by atoms with E-state index in [1.807, 2.05) is 24.4 Å². The molecule has 3 aliphatic carbocycles. The van der Waals surface area contributed by atoms with Gasteiger partial charge in [0.25, 0.3) is 0 Å². The fourth-order valence-electron chi connectivity index (χ4n) is 5.39. The van der Waals surface area contributed by atoms with Crippen molar-refractivity contribution in [3.05, 3.63) is 58.4 Å². The van der Waals surface area contributed by atoms with Crippen LogP contribution < -0.4 is 4.74 Å². The average Bonchev–Trinajstić information content (AvgIpc) is 3.26. The number of aromatic amines is 1. The molecule has 6 rings (SSSR count). The molecule has 1 saturated carbocycles. The average molecular weight is 412 g/mol. The number of rotatable bonds is 0. The number of halogens is 2. The van der Waals surface area contributed by atoms with Gasteiger partial charge in [-0.05, 0) is 24.3 Å². The number of benzene rings is 1. The number of hydrogen-bond acceptors (Lipinski definition) is 3. The second-order valence-electron chi connectivity index (χ2n) is 9.76. The van der Waals surface area contributed by atoms with Gasteiger partial charge in [0.15, 0.2) is 5.78 Å². The van der Waals surface area contributed by atoms with E-state index in [4.69, 9.17) is 4.74 Å². The SMILES string of the molecule is CC1(C)CC(=O)C2=C(Cc3[nH]ncc3[C@]23COc2ccccc23)C1.FC1(F)CCC1. The van der Waals surface area contributed by atoms with Gasteiger partial charge in [-0.1, -0.05) is 37.6 Å². The van der Waals surface area contributed by atoms with Crippen LogP contribution in [0, 0.1) is 5.41 Å². The molecule has 0 saturated heterocycles. The van der Waals surface area contributed by atoms with Crippen molar-refractivity contribution in [2.75, 3.05) is 6.61 Å². The van der Waals surface area contributed by atoms with E-state index in [9.17, 15) is 13.6 Å². The van der Waals surface area contributed by atoms with E-state index in [1.54, 1.807) is 0 Å². The molecule has 0 bridgehead atoms. The van der Waals surface area contributed by atoms with Gasteiger partial charge in [0.05, 0.1) is 11.6 Å². The second-order valence-corrected chi connectivity index (χ2v) is 9.76. The van der Waals surface area contributed by atoms with Crippen molar-refractivity contribution in [1.29, 1.82) is 0 Å². The van der Waals surface area contributed by atoms with Crippen molar-refractivity contribution in [3.8, 4) is 5.75 Å². The summed E-state index contributed by atoms with van der Waals surface area (Å²) in [5, 5.41) is 7.46. The summed E-state index contributed by atoms with van der Waals surface area (Å²) in [6, 6.07) is 8.11. The van der Waals surface area contributed by atoms with Gasteiger partial charge < -0.3 is 4.74 Å². The Bertz CT molecular complexity index is 1050. The largest absolute Gasteiger partial charge is 0.492 e. The van der Waals surface area contributed by atoms with Crippen LogP contribution in [-0.4, -0.2) is 28.5 Å². The van der Waals surface area contributed by atoms with E-state index < -0.39 is 11.3 Å². The van der Waals surface area contributed by atoms with Gasteiger partial charge in [-0.3, -0.25) is 9.89 Å². The van der Waals surface area contributed by atoms with Crippen molar-refractivity contribution in [2.45, 2.75) is 63.7 Å². The Morgan fingerprint density at radius 3 is 2.53 bits per heavy atom. The maximum atomic E-state index is 13.2. The van der Waals surface area contributed by atoms with Crippen LogP contribution in [0.3, 0.4) is 0 Å². The summed E-state index contributed by atoms with van der Waals surface area (Å²) in [6.45, 7) is 4.86. The number of H-pyrrole nitrogens is 1. The minimum Gasteiger partial charge on any atom is -0.492 e. The predicted octanol–water partition coefficient (Wildman–Crippen LogP) is 5.14. The van der Waals surface area contributed by atoms with Crippen molar-refractivity contribution in [3.63, 3.8) is 0 Å². The zero-order valence-electron chi connectivity index (χ0n) is 17.4. The molecule has 4 nitrogen and oxygen atoms in total. The molecule has 2 heterocycles. The van der Waals surface area contributed by atoms with Crippen LogP contribution in [0.2, 0.25) is 0 Å². The van der Waals surface area contributed by atoms with Crippen molar-refractivity contribution in [1.82, 2.24) is 10.2 Å². The molecule has 1 aliphatic heterocycles. The van der Waals surface area contributed by atoms with Gasteiger partial charge in [0, 0.05) is 48.1 Å². The third-order valence-corrected chi connectivity index (χ3v) is 6.83. The Labute approximate surface area is 174 Å². The summed E-state index contributed by atoms with van der Waals surface area (Å²) in [4.78, 5) is 13.2. The van der Waals surface area contributed by atoms with Gasteiger partial charge in [0.2, 0.25) is 5.92 Å². The molecule has 30 heavy (non-hydrogen) atoms. The molecule has 4 aliphatic rings. The molecule has 0 radical (unpaired) electrons. The summed E-state index contributed by atoms with van der Waals surface area (Å²) in [7, 11) is 0. The molecule has 1 N–H and O–H groups in total. The summed E-state index contributed by atoms with van der Waals surface area (Å²) >= 11 is 0. The van der Waals surface area contributed by atoms with Gasteiger partial charge in [-0.25, -0.2) is 8.78 Å². The second kappa shape index (κ2) is 6.50. The van der Waals surface area contributed by atoms with Gasteiger partial charge >= 0.3 is 0 Å². The Morgan fingerprint density at radius 1 is 1.10 bits per heavy atom. The highest BCUT2D eigenvalue weighted by Crippen LogP contribution is 2.56. The molecule has 2 aromatic rings. The topological polar surface area (TPSA) is 55.0 Å². The van der Waals surface area contributed by atoms with Crippen LogP contribution in [0.5, 0.6) is 5.75 Å². The zero-order valence-corrected chi connectivity index (χ0v) is 17.4. The minimum absolute atomic E-state index is 0.0214. The highest BCUT2D eigenvalue weighted by atomic mass is 19.3. The number of ether oxygens (including phenoxy) is 1. The van der Waals surface area contributed by atoms with Crippen molar-refractivity contribution >= 4 is 5.78 Å². The number of aromatic nitrogens is 2. The number of nitrogens with one attached hydrogen (secondary N) is 1. The lowest BCUT2D eigenvalue weighted by atomic mass is 9.58. The molecule has 158 valence electrons. The summed E-state index contributed by atoms with van der Waals surface area (Å²) in [5.41, 5.74) is 5.11. The zero-order chi connectivity index (χ0) is 21.1. The van der Waals surface area contributed by atoms with Crippen LogP contribution in [0.15, 0.2) is 41.6 Å². The first kappa shape index (κ1) is 19.5. The van der Waals surface area contributed by atoms with Crippen molar-refractivity contribution in [2.24, 2.45) is 5.41 Å². The van der Waals surface area contributed by atoms with Crippen LogP contribution in [0.25, 0.3) is 0 Å². The summed E-state index contributed by atoms with van der Waals surface area (Å²) in [5.74, 6) is -1.12. The van der Waals surface area contributed by atoms with E-state index in [0.29, 0.717) is 19.4 Å². The molecule has 0 amide bonds. The Hall–Kier alpha value is -2.50. The third-order valence-electron chi connectivity index (χ3n) is 6.83. The standard InChI is InChI=1S/C20H20N2O2.C4H6F2/c1-19(2)8-12-7-15-14(10-21-22-15)20(18(12)16(23)9-19)11-24-17-6-4-3-5-13(17)20;5-4(6)2-1-3-4/h3-6,10H,7-9,11H2,1-2H3,(H,21,22);1-3H2/t20-;/m1./s1. The molecule has 0 unspecified atom stereocenters. The number of alkyl halides is 2. The quantitative estimate of drug-likeness (QED) is 0.652. The fraction of sp³-hybridized carbons (Fsp3) is 0.500. The Morgan fingerprint density at radius 2 is 1.83 bits per heavy atom. The highest BCUT2D eigenvalue weighted by molar-refractivity contribution is 6.02. The van der Waals surface area contributed by atoms with Gasteiger partial charge in [-0.2, -0.15) is 5.10 Å². The minimum atomic E-state index is -2.28. The van der Waals surface area contributed by atoms with E-state index in [2.05, 4.69) is 30.1 Å². The Balaban J connectivity index is 0.000000279. The predicted molar refractivity (Wildman–Crippen MR) is 109 cm³/mol. The molecule has 1 spiro atoms. The van der Waals surface area contributed by atoms with E-state index in [-0.39, 0.29) is 24.0 Å². The molecular weight excluding hydrogens is 386 g/mol. The molecular formula is C24H26F2N2O2. The number of ketones is 1. The smallest absolute Gasteiger partial charge is 0.248 e. The van der Waals surface area contributed by atoms with Crippen molar-refractivity contribution < 1.29 is 18.3 Å². The molecule has 1 aromatic heterocycles. The summed E-state index contributed by atoms with van der Waals surface area (Å²) < 4.78 is 29.1. The molecule has 1 aromatic carbocycles. The number of nitrogens with zero attached hydrogens (tertiary/aromatic N) is 1. The normalized spacial score (nSPS) is 27.3. The number of Topliss-reactive ketones (excluding diaryl/α,β-unsaturated/α-hetero) is 1. The number of fused-ring (bicyclic) bond motifs is 5. The van der Waals surface area contributed by atoms with Crippen LogP contribution in [0.4, 0.5) is 8.78 Å². The van der Waals surface area contributed by atoms with Gasteiger partial charge in [0.1, 0.15) is 12.4 Å². The number of carbonyl (C=O) groups excluding carboxylic acids is 1. The van der Waals surface area contributed by atoms with Gasteiger partial charge in [-0.15, -0.1) is 0 Å². The lowest BCUT2D eigenvalue weighted by Crippen LogP contribution is -2.43. The fourth-order valence-corrected chi connectivity index (χ4v) is 5.39. The molecule has 1 atom stereocenters. The first-order chi connectivity index (χ1) is 14.2. The highest BCUT2D eigenvalue weighted by Gasteiger charge is 2.54. The number of carbonyl (C=O) groups is 1. The maximum absolute atomic E-state index is 13.2. The van der Waals surface area contributed by atoms with Crippen LogP contribution in [-0.2, 0) is 16.6 Å². The van der Waals surface area contributed by atoms with E-state index in [0.717, 1.165) is 41.0 Å². The van der Waals surface area contributed by atoms with E-state index >= 15 is 0 Å². The summed E-state index contributed by atoms with van der Waals surface area (Å²) in [6.07, 6.45) is 5.19. The lowest BCUT2D eigenvalue weighted by molar-refractivity contribution is -0.118.